The van der Waals surface area contributed by atoms with E-state index in [0.717, 1.165) is 35.0 Å². The summed E-state index contributed by atoms with van der Waals surface area (Å²) in [4.78, 5) is 17.9. The summed E-state index contributed by atoms with van der Waals surface area (Å²) in [6.45, 7) is 5.75. The second kappa shape index (κ2) is 8.86. The number of halogens is 1. The smallest absolute Gasteiger partial charge is 0.279 e. The van der Waals surface area contributed by atoms with Crippen LogP contribution in [0, 0.1) is 6.92 Å². The Morgan fingerprint density at radius 1 is 1.13 bits per heavy atom. The Morgan fingerprint density at radius 2 is 1.81 bits per heavy atom. The highest BCUT2D eigenvalue weighted by molar-refractivity contribution is 7.89. The molecule has 0 bridgehead atoms. The van der Waals surface area contributed by atoms with Crippen molar-refractivity contribution < 1.29 is 13.2 Å². The average Bonchev–Trinajstić information content (AvgIpc) is 3.11. The Hall–Kier alpha value is -2.00. The molecule has 6 nitrogen and oxygen atoms in total. The van der Waals surface area contributed by atoms with Gasteiger partial charge in [-0.15, -0.1) is 0 Å². The molecule has 0 saturated carbocycles. The highest BCUT2D eigenvalue weighted by Gasteiger charge is 2.26. The van der Waals surface area contributed by atoms with Gasteiger partial charge in [-0.2, -0.15) is 9.30 Å². The summed E-state index contributed by atoms with van der Waals surface area (Å²) in [6, 6.07) is 9.84. The van der Waals surface area contributed by atoms with Crippen LogP contribution in [0.25, 0.3) is 10.2 Å². The van der Waals surface area contributed by atoms with Crippen molar-refractivity contribution in [1.82, 2.24) is 8.87 Å². The maximum atomic E-state index is 12.8. The number of amides is 1. The molecule has 164 valence electrons. The number of nitrogens with zero attached hydrogens (tertiary/aromatic N) is 3. The molecule has 3 aromatic rings. The van der Waals surface area contributed by atoms with Gasteiger partial charge in [-0.3, -0.25) is 4.79 Å². The van der Waals surface area contributed by atoms with Gasteiger partial charge < -0.3 is 4.57 Å². The van der Waals surface area contributed by atoms with Gasteiger partial charge in [0.15, 0.2) is 4.80 Å². The van der Waals surface area contributed by atoms with Gasteiger partial charge in [-0.25, -0.2) is 8.42 Å². The zero-order chi connectivity index (χ0) is 22.2. The van der Waals surface area contributed by atoms with Gasteiger partial charge >= 0.3 is 0 Å². The number of aryl methyl sites for hydroxylation is 2. The molecule has 1 saturated heterocycles. The van der Waals surface area contributed by atoms with Gasteiger partial charge in [0.2, 0.25) is 10.0 Å². The first-order chi connectivity index (χ1) is 14.8. The molecule has 0 unspecified atom stereocenters. The number of fused-ring (bicyclic) bond motifs is 1. The van der Waals surface area contributed by atoms with E-state index in [-0.39, 0.29) is 4.90 Å². The second-order valence-electron chi connectivity index (χ2n) is 7.60. The zero-order valence-electron chi connectivity index (χ0n) is 17.5. The molecule has 2 heterocycles. The normalized spacial score (nSPS) is 16.2. The van der Waals surface area contributed by atoms with Crippen LogP contribution in [0.5, 0.6) is 0 Å². The Labute approximate surface area is 190 Å². The molecule has 1 aliphatic rings. The lowest BCUT2D eigenvalue weighted by atomic mass is 10.2. The minimum absolute atomic E-state index is 0.210. The van der Waals surface area contributed by atoms with E-state index >= 15 is 0 Å². The number of rotatable bonds is 4. The Balaban J connectivity index is 1.66. The number of thiazole rings is 1. The first kappa shape index (κ1) is 22.2. The van der Waals surface area contributed by atoms with Crippen LogP contribution in [-0.4, -0.2) is 36.3 Å². The lowest BCUT2D eigenvalue weighted by molar-refractivity contribution is 0.0997. The van der Waals surface area contributed by atoms with E-state index in [1.54, 1.807) is 0 Å². The predicted octanol–water partition coefficient (Wildman–Crippen LogP) is 4.60. The summed E-state index contributed by atoms with van der Waals surface area (Å²) in [5.74, 6) is -0.403. The van der Waals surface area contributed by atoms with Crippen LogP contribution in [0.1, 0.15) is 42.1 Å². The van der Waals surface area contributed by atoms with Crippen LogP contribution in [0.2, 0.25) is 5.02 Å². The molecule has 0 spiro atoms. The molecule has 1 amide bonds. The van der Waals surface area contributed by atoms with Crippen molar-refractivity contribution >= 4 is 49.1 Å². The fourth-order valence-corrected chi connectivity index (χ4v) is 6.99. The predicted molar refractivity (Wildman–Crippen MR) is 124 cm³/mol. The summed E-state index contributed by atoms with van der Waals surface area (Å²) in [7, 11) is -3.52. The minimum atomic E-state index is -3.52. The minimum Gasteiger partial charge on any atom is -0.316 e. The topological polar surface area (TPSA) is 71.7 Å². The largest absolute Gasteiger partial charge is 0.316 e. The van der Waals surface area contributed by atoms with Crippen LogP contribution in [-0.2, 0) is 16.6 Å². The SMILES string of the molecule is CCn1c(=NC(=O)c2ccc(S(=O)(=O)N3CCCCC3)cc2)sc2cc(Cl)cc(C)c21. The van der Waals surface area contributed by atoms with Gasteiger partial charge in [-0.1, -0.05) is 29.4 Å². The van der Waals surface area contributed by atoms with Crippen LogP contribution in [0.3, 0.4) is 0 Å². The zero-order valence-corrected chi connectivity index (χ0v) is 19.9. The van der Waals surface area contributed by atoms with Crippen molar-refractivity contribution in [3.8, 4) is 0 Å². The molecule has 0 atom stereocenters. The van der Waals surface area contributed by atoms with E-state index in [2.05, 4.69) is 4.99 Å². The first-order valence-electron chi connectivity index (χ1n) is 10.3. The van der Waals surface area contributed by atoms with E-state index in [9.17, 15) is 13.2 Å². The quantitative estimate of drug-likeness (QED) is 0.551. The van der Waals surface area contributed by atoms with Crippen molar-refractivity contribution in [2.75, 3.05) is 13.1 Å². The molecule has 1 fully saturated rings. The Morgan fingerprint density at radius 3 is 2.45 bits per heavy atom. The Bertz CT molecular complexity index is 1300. The number of aromatic nitrogens is 1. The third-order valence-corrected chi connectivity index (χ3v) is 8.66. The van der Waals surface area contributed by atoms with Crippen LogP contribution >= 0.6 is 22.9 Å². The molecular weight excluding hydrogens is 454 g/mol. The molecule has 31 heavy (non-hydrogen) atoms. The molecule has 1 aromatic heterocycles. The number of benzene rings is 2. The molecule has 4 rings (SSSR count). The number of carbonyl (C=O) groups excluding carboxylic acids is 1. The van der Waals surface area contributed by atoms with Crippen LogP contribution in [0.4, 0.5) is 0 Å². The highest BCUT2D eigenvalue weighted by Crippen LogP contribution is 2.26. The highest BCUT2D eigenvalue weighted by atomic mass is 35.5. The van der Waals surface area contributed by atoms with Crippen molar-refractivity contribution in [3.63, 3.8) is 0 Å². The lowest BCUT2D eigenvalue weighted by Crippen LogP contribution is -2.35. The number of hydrogen-bond acceptors (Lipinski definition) is 4. The number of carbonyl (C=O) groups is 1. The molecule has 9 heteroatoms. The van der Waals surface area contributed by atoms with Crippen LogP contribution < -0.4 is 4.80 Å². The van der Waals surface area contributed by atoms with Crippen molar-refractivity contribution in [2.24, 2.45) is 4.99 Å². The second-order valence-corrected chi connectivity index (χ2v) is 11.0. The van der Waals surface area contributed by atoms with Gasteiger partial charge in [-0.05, 0) is 68.7 Å². The third kappa shape index (κ3) is 4.35. The van der Waals surface area contributed by atoms with Gasteiger partial charge in [0.25, 0.3) is 5.91 Å². The molecule has 1 aliphatic heterocycles. The van der Waals surface area contributed by atoms with E-state index in [0.29, 0.717) is 35.0 Å². The molecular formula is C22H24ClN3O3S2. The standard InChI is InChI=1S/C22H24ClN3O3S2/c1-3-26-20-15(2)13-17(23)14-19(20)30-22(26)24-21(27)16-7-9-18(10-8-16)31(28,29)25-11-5-4-6-12-25/h7-10,13-14H,3-6,11-12H2,1-2H3. The lowest BCUT2D eigenvalue weighted by Gasteiger charge is -2.25. The van der Waals surface area contributed by atoms with Crippen LogP contribution in [0.15, 0.2) is 46.3 Å². The summed E-state index contributed by atoms with van der Waals surface area (Å²) in [5, 5.41) is 0.651. The fraction of sp³-hybridized carbons (Fsp3) is 0.364. The molecule has 0 aliphatic carbocycles. The summed E-state index contributed by atoms with van der Waals surface area (Å²) < 4.78 is 30.1. The van der Waals surface area contributed by atoms with Crippen molar-refractivity contribution in [3.05, 3.63) is 57.3 Å². The number of hydrogen-bond donors (Lipinski definition) is 0. The molecule has 0 radical (unpaired) electrons. The van der Waals surface area contributed by atoms with E-state index in [4.69, 9.17) is 11.6 Å². The number of sulfonamides is 1. The maximum Gasteiger partial charge on any atom is 0.279 e. The van der Waals surface area contributed by atoms with Gasteiger partial charge in [0.05, 0.1) is 15.1 Å². The van der Waals surface area contributed by atoms with Gasteiger partial charge in [0.1, 0.15) is 0 Å². The summed E-state index contributed by atoms with van der Waals surface area (Å²) in [5.41, 5.74) is 2.40. The number of piperidine rings is 1. The monoisotopic (exact) mass is 477 g/mol. The van der Waals surface area contributed by atoms with Crippen molar-refractivity contribution in [1.29, 1.82) is 0 Å². The Kier molecular flexibility index (Phi) is 6.35. The van der Waals surface area contributed by atoms with E-state index < -0.39 is 15.9 Å². The summed E-state index contributed by atoms with van der Waals surface area (Å²) in [6.07, 6.45) is 2.82. The molecule has 2 aromatic carbocycles. The van der Waals surface area contributed by atoms with E-state index in [1.807, 2.05) is 30.5 Å². The third-order valence-electron chi connectivity index (χ3n) is 5.50. The van der Waals surface area contributed by atoms with E-state index in [1.165, 1.54) is 39.9 Å². The van der Waals surface area contributed by atoms with Crippen molar-refractivity contribution in [2.45, 2.75) is 44.6 Å². The average molecular weight is 478 g/mol. The molecule has 0 N–H and O–H groups in total. The first-order valence-corrected chi connectivity index (χ1v) is 12.9. The fourth-order valence-electron chi connectivity index (χ4n) is 3.93. The van der Waals surface area contributed by atoms with Gasteiger partial charge in [0, 0.05) is 30.2 Å². The summed E-state index contributed by atoms with van der Waals surface area (Å²) >= 11 is 7.60. The maximum absolute atomic E-state index is 12.8.